The highest BCUT2D eigenvalue weighted by Gasteiger charge is 2.33. The van der Waals surface area contributed by atoms with Crippen LogP contribution >= 0.6 is 0 Å². The van der Waals surface area contributed by atoms with Crippen LogP contribution < -0.4 is 20.7 Å². The summed E-state index contributed by atoms with van der Waals surface area (Å²) >= 11 is 0. The van der Waals surface area contributed by atoms with Crippen LogP contribution in [0.2, 0.25) is 5.54 Å². The first-order valence-corrected chi connectivity index (χ1v) is 18.2. The van der Waals surface area contributed by atoms with Crippen molar-refractivity contribution in [1.29, 1.82) is 0 Å². The van der Waals surface area contributed by atoms with E-state index < -0.39 is 27.4 Å². The van der Waals surface area contributed by atoms with E-state index in [0.717, 1.165) is 0 Å². The van der Waals surface area contributed by atoms with E-state index in [9.17, 15) is 4.79 Å². The molecule has 0 saturated carbocycles. The van der Waals surface area contributed by atoms with Crippen LogP contribution in [-0.4, -0.2) is 39.9 Å². The third-order valence-corrected chi connectivity index (χ3v) is 16.1. The summed E-state index contributed by atoms with van der Waals surface area (Å²) in [6.45, 7) is 7.85. The van der Waals surface area contributed by atoms with Gasteiger partial charge in [0.25, 0.3) is 0 Å². The van der Waals surface area contributed by atoms with Gasteiger partial charge in [-0.05, 0) is 39.6 Å². The molecule has 7 heteroatoms. The van der Waals surface area contributed by atoms with Gasteiger partial charge in [-0.3, -0.25) is 0 Å². The van der Waals surface area contributed by atoms with E-state index in [1.807, 2.05) is 24.3 Å². The summed E-state index contributed by atoms with van der Waals surface area (Å²) in [6, 6.07) is 42.1. The molecule has 1 unspecified atom stereocenters. The third kappa shape index (κ3) is 8.32. The van der Waals surface area contributed by atoms with Crippen LogP contribution in [0.15, 0.2) is 133 Å². The first-order valence-electron chi connectivity index (χ1n) is 13.4. The Hall–Kier alpha value is -3.34. The van der Waals surface area contributed by atoms with Crippen molar-refractivity contribution in [2.24, 2.45) is 0 Å². The zero-order valence-electron chi connectivity index (χ0n) is 22.6. The monoisotopic (exact) mass is 568 g/mol. The molecule has 0 bridgehead atoms. The van der Waals surface area contributed by atoms with Gasteiger partial charge in [-0.1, -0.05) is 135 Å². The lowest BCUT2D eigenvalue weighted by Gasteiger charge is -2.31. The molecule has 0 aliphatic heterocycles. The van der Waals surface area contributed by atoms with Gasteiger partial charge >= 0.3 is 15.3 Å². The summed E-state index contributed by atoms with van der Waals surface area (Å²) in [5.74, 6) is -0.358. The second-order valence-corrected chi connectivity index (χ2v) is 18.0. The number of benzene rings is 4. The van der Waals surface area contributed by atoms with E-state index >= 15 is 0 Å². The first-order chi connectivity index (χ1) is 19.0. The Bertz CT molecular complexity index is 1140. The van der Waals surface area contributed by atoms with E-state index in [0.29, 0.717) is 18.6 Å². The molecule has 0 N–H and O–H groups in total. The highest BCUT2D eigenvalue weighted by atomic mass is 28.4. The Morgan fingerprint density at radius 2 is 1.00 bits per heavy atom. The van der Waals surface area contributed by atoms with Crippen LogP contribution in [0.1, 0.15) is 20.3 Å². The van der Waals surface area contributed by atoms with E-state index in [2.05, 4.69) is 111 Å². The Morgan fingerprint density at radius 3 is 1.31 bits per heavy atom. The van der Waals surface area contributed by atoms with Crippen LogP contribution in [0.25, 0.3) is 0 Å². The highest BCUT2D eigenvalue weighted by molar-refractivity contribution is 6.88. The number of rotatable bonds is 13. The van der Waals surface area contributed by atoms with E-state index in [-0.39, 0.29) is 11.5 Å². The largest absolute Gasteiger partial charge is 0.462 e. The molecule has 0 aliphatic carbocycles. The number of hydrogen-bond acceptors (Lipinski definition) is 4. The highest BCUT2D eigenvalue weighted by Crippen LogP contribution is 2.19. The van der Waals surface area contributed by atoms with Crippen LogP contribution in [0, 0.1) is 0 Å². The number of ether oxygens (including phenoxy) is 1. The van der Waals surface area contributed by atoms with E-state index in [1.165, 1.54) is 20.7 Å². The smallest absolute Gasteiger partial charge is 0.333 e. The van der Waals surface area contributed by atoms with Gasteiger partial charge in [-0.2, -0.15) is 0 Å². The molecule has 39 heavy (non-hydrogen) atoms. The summed E-state index contributed by atoms with van der Waals surface area (Å²) in [5.41, 5.74) is 0.526. The fourth-order valence-corrected chi connectivity index (χ4v) is 15.5. The van der Waals surface area contributed by atoms with Crippen molar-refractivity contribution in [3.05, 3.63) is 133 Å². The lowest BCUT2D eigenvalue weighted by molar-refractivity contribution is -0.139. The number of carbonyl (C=O) groups excluding carboxylic acids is 1. The number of carbonyl (C=O) groups is 1. The van der Waals surface area contributed by atoms with Crippen molar-refractivity contribution < 1.29 is 17.8 Å². The molecule has 4 aromatic rings. The predicted molar refractivity (Wildman–Crippen MR) is 168 cm³/mol. The van der Waals surface area contributed by atoms with Gasteiger partial charge in [0.2, 0.25) is 18.1 Å². The molecular weight excluding hydrogens is 533 g/mol. The minimum Gasteiger partial charge on any atom is -0.462 e. The maximum absolute atomic E-state index is 12.0. The van der Waals surface area contributed by atoms with Crippen molar-refractivity contribution in [2.75, 3.05) is 6.61 Å². The van der Waals surface area contributed by atoms with Gasteiger partial charge in [0.1, 0.15) is 0 Å². The van der Waals surface area contributed by atoms with Crippen LogP contribution in [0.4, 0.5) is 0 Å². The Labute approximate surface area is 237 Å². The van der Waals surface area contributed by atoms with Gasteiger partial charge < -0.3 is 13.0 Å². The summed E-state index contributed by atoms with van der Waals surface area (Å²) in [4.78, 5) is 12.0. The Kier molecular flexibility index (Phi) is 10.8. The normalized spacial score (nSPS) is 12.0. The van der Waals surface area contributed by atoms with E-state index in [4.69, 9.17) is 13.0 Å². The van der Waals surface area contributed by atoms with Crippen LogP contribution in [0.3, 0.4) is 0 Å². The quantitative estimate of drug-likeness (QED) is 0.141. The van der Waals surface area contributed by atoms with Crippen LogP contribution in [0.5, 0.6) is 0 Å². The van der Waals surface area contributed by atoms with Crippen molar-refractivity contribution in [3.63, 3.8) is 0 Å². The molecule has 0 saturated heterocycles. The minimum absolute atomic E-state index is 0.118. The van der Waals surface area contributed by atoms with Gasteiger partial charge in [0, 0.05) is 5.57 Å². The molecule has 0 aliphatic rings. The molecule has 1 atom stereocenters. The lowest BCUT2D eigenvalue weighted by Crippen LogP contribution is -2.55. The summed E-state index contributed by atoms with van der Waals surface area (Å²) in [7, 11) is -6.39. The first kappa shape index (κ1) is 28.7. The summed E-state index contributed by atoms with van der Waals surface area (Å²) in [5, 5.41) is 4.90. The molecule has 0 spiro atoms. The maximum atomic E-state index is 12.0. The van der Waals surface area contributed by atoms with Gasteiger partial charge in [-0.25, -0.2) is 4.79 Å². The fourth-order valence-electron chi connectivity index (χ4n) is 4.38. The fraction of sp³-hybridized carbons (Fsp3) is 0.156. The third-order valence-electron chi connectivity index (χ3n) is 6.57. The zero-order valence-corrected chi connectivity index (χ0v) is 26.1. The lowest BCUT2D eigenvalue weighted by atomic mass is 10.3. The topological polar surface area (TPSA) is 44.8 Å². The van der Waals surface area contributed by atoms with Crippen molar-refractivity contribution in [3.8, 4) is 0 Å². The zero-order chi connectivity index (χ0) is 27.5. The van der Waals surface area contributed by atoms with Crippen molar-refractivity contribution in [1.82, 2.24) is 0 Å². The Morgan fingerprint density at radius 1 is 0.667 bits per heavy atom. The number of esters is 1. The van der Waals surface area contributed by atoms with Crippen LogP contribution in [-0.2, 0) is 17.8 Å². The molecule has 0 radical (unpaired) electrons. The summed E-state index contributed by atoms with van der Waals surface area (Å²) < 4.78 is 19.9. The van der Waals surface area contributed by atoms with Gasteiger partial charge in [0.15, 0.2) is 0 Å². The Balaban J connectivity index is 1.67. The minimum atomic E-state index is -2.30. The van der Waals surface area contributed by atoms with Gasteiger partial charge in [0.05, 0.1) is 6.61 Å². The molecule has 200 valence electrons. The predicted octanol–water partition coefficient (Wildman–Crippen LogP) is 3.22. The molecule has 4 aromatic carbocycles. The average molecular weight is 569 g/mol. The second kappa shape index (κ2) is 14.7. The van der Waals surface area contributed by atoms with Crippen molar-refractivity contribution >= 4 is 54.1 Å². The molecule has 0 heterocycles. The number of hydrogen-bond donors (Lipinski definition) is 0. The molecule has 0 fully saturated rings. The molecule has 4 rings (SSSR count). The second-order valence-electron chi connectivity index (χ2n) is 9.73. The SMILES string of the molecule is C=C(C)C(=O)OCCC(C)[SiH](O[SiH](c1ccccc1)c1ccccc1)O[SiH](c1ccccc1)c1ccccc1. The molecule has 0 aromatic heterocycles. The van der Waals surface area contributed by atoms with Gasteiger partial charge in [-0.15, -0.1) is 0 Å². The van der Waals surface area contributed by atoms with E-state index in [1.54, 1.807) is 6.92 Å². The van der Waals surface area contributed by atoms with Crippen molar-refractivity contribution in [2.45, 2.75) is 25.8 Å². The maximum Gasteiger partial charge on any atom is 0.333 e. The molecule has 4 nitrogen and oxygen atoms in total. The standard InChI is InChI=1S/C32H36O4Si3/c1-26(2)32(33)34-25-24-27(3)39(35-37(28-16-8-4-9-17-28)29-18-10-5-11-19-29)36-38(30-20-12-6-13-21-30)31-22-14-7-15-23-31/h4-23,27,37-39H,1,24-25H2,2-3H3. The molecular formula is C32H36O4Si3. The summed E-state index contributed by atoms with van der Waals surface area (Å²) in [6.07, 6.45) is 0.672. The molecule has 0 amide bonds. The average Bonchev–Trinajstić information content (AvgIpc) is 2.99.